The average molecular weight is 374 g/mol. The van der Waals surface area contributed by atoms with Gasteiger partial charge in [0.25, 0.3) is 11.6 Å². The molecular formula is C19H22N2O6. The third kappa shape index (κ3) is 3.80. The van der Waals surface area contributed by atoms with E-state index in [1.54, 1.807) is 7.11 Å². The van der Waals surface area contributed by atoms with Crippen molar-refractivity contribution in [1.82, 2.24) is 0 Å². The van der Waals surface area contributed by atoms with E-state index >= 15 is 0 Å². The quantitative estimate of drug-likeness (QED) is 0.606. The summed E-state index contributed by atoms with van der Waals surface area (Å²) in [5.41, 5.74) is 1.28. The number of aliphatic hydroxyl groups is 1. The highest BCUT2D eigenvalue weighted by Crippen LogP contribution is 2.38. The van der Waals surface area contributed by atoms with Crippen LogP contribution in [0.5, 0.6) is 5.75 Å². The fraction of sp³-hybridized carbons (Fsp3) is 0.421. The first kappa shape index (κ1) is 18.9. The summed E-state index contributed by atoms with van der Waals surface area (Å²) in [5.74, 6) is 1.15. The number of rotatable bonds is 6. The molecule has 8 nitrogen and oxygen atoms in total. The SMILES string of the molecule is COC1=CC=C(CN2C(=O)C(CCO)Oc3ccc([N+](=O)[O-])cc32)CC1C. The molecule has 1 aliphatic carbocycles. The molecule has 27 heavy (non-hydrogen) atoms. The van der Waals surface area contributed by atoms with Crippen molar-refractivity contribution in [3.8, 4) is 5.75 Å². The molecule has 2 unspecified atom stereocenters. The Morgan fingerprint density at radius 1 is 1.41 bits per heavy atom. The highest BCUT2D eigenvalue weighted by Gasteiger charge is 2.35. The molecule has 0 aromatic heterocycles. The maximum Gasteiger partial charge on any atom is 0.271 e. The number of carbonyl (C=O) groups is 1. The molecule has 2 aliphatic rings. The summed E-state index contributed by atoms with van der Waals surface area (Å²) in [4.78, 5) is 25.0. The Bertz CT molecular complexity index is 816. The van der Waals surface area contributed by atoms with Crippen molar-refractivity contribution in [1.29, 1.82) is 0 Å². The van der Waals surface area contributed by atoms with Crippen LogP contribution < -0.4 is 9.64 Å². The minimum absolute atomic E-state index is 0.108. The third-order valence-corrected chi connectivity index (χ3v) is 4.78. The van der Waals surface area contributed by atoms with Gasteiger partial charge in [0.15, 0.2) is 6.10 Å². The fourth-order valence-electron chi connectivity index (χ4n) is 3.40. The van der Waals surface area contributed by atoms with Gasteiger partial charge in [0.1, 0.15) is 5.75 Å². The first-order chi connectivity index (χ1) is 12.9. The number of non-ortho nitro benzene ring substituents is 1. The number of nitrogens with zero attached hydrogens (tertiary/aromatic N) is 2. The van der Waals surface area contributed by atoms with E-state index < -0.39 is 11.0 Å². The van der Waals surface area contributed by atoms with Gasteiger partial charge in [-0.3, -0.25) is 14.9 Å². The summed E-state index contributed by atoms with van der Waals surface area (Å²) < 4.78 is 11.0. The zero-order chi connectivity index (χ0) is 19.6. The Morgan fingerprint density at radius 2 is 2.19 bits per heavy atom. The second-order valence-electron chi connectivity index (χ2n) is 6.66. The van der Waals surface area contributed by atoms with Crippen LogP contribution in [0.15, 0.2) is 41.7 Å². The van der Waals surface area contributed by atoms with Gasteiger partial charge in [-0.1, -0.05) is 13.0 Å². The average Bonchev–Trinajstić information content (AvgIpc) is 2.65. The second-order valence-corrected chi connectivity index (χ2v) is 6.66. The molecule has 0 radical (unpaired) electrons. The minimum Gasteiger partial charge on any atom is -0.501 e. The Balaban J connectivity index is 1.96. The van der Waals surface area contributed by atoms with Gasteiger partial charge in [-0.2, -0.15) is 0 Å². The van der Waals surface area contributed by atoms with Crippen molar-refractivity contribution in [2.45, 2.75) is 25.9 Å². The van der Waals surface area contributed by atoms with Gasteiger partial charge in [0.2, 0.25) is 0 Å². The molecule has 1 heterocycles. The summed E-state index contributed by atoms with van der Waals surface area (Å²) in [5, 5.41) is 20.4. The first-order valence-electron chi connectivity index (χ1n) is 8.75. The van der Waals surface area contributed by atoms with E-state index in [9.17, 15) is 20.0 Å². The number of allylic oxidation sites excluding steroid dienone is 3. The number of carbonyl (C=O) groups excluding carboxylic acids is 1. The van der Waals surface area contributed by atoms with Gasteiger partial charge in [0, 0.05) is 37.6 Å². The van der Waals surface area contributed by atoms with Crippen molar-refractivity contribution in [2.24, 2.45) is 5.92 Å². The smallest absolute Gasteiger partial charge is 0.271 e. The van der Waals surface area contributed by atoms with E-state index in [2.05, 4.69) is 0 Å². The van der Waals surface area contributed by atoms with Crippen LogP contribution in [0.1, 0.15) is 19.8 Å². The van der Waals surface area contributed by atoms with Crippen LogP contribution in [0.3, 0.4) is 0 Å². The minimum atomic E-state index is -0.810. The number of benzene rings is 1. The molecule has 0 spiro atoms. The van der Waals surface area contributed by atoms with Gasteiger partial charge in [-0.05, 0) is 24.1 Å². The Labute approximate surface area is 156 Å². The van der Waals surface area contributed by atoms with Crippen LogP contribution >= 0.6 is 0 Å². The van der Waals surface area contributed by atoms with Crippen molar-refractivity contribution in [2.75, 3.05) is 25.2 Å². The molecule has 1 aromatic rings. The number of nitro benzene ring substituents is 1. The molecule has 0 bridgehead atoms. The van der Waals surface area contributed by atoms with Crippen LogP contribution in [0.4, 0.5) is 11.4 Å². The predicted octanol–water partition coefficient (Wildman–Crippen LogP) is 2.57. The summed E-state index contributed by atoms with van der Waals surface area (Å²) >= 11 is 0. The molecule has 1 amide bonds. The second kappa shape index (κ2) is 7.79. The van der Waals surface area contributed by atoms with Crippen molar-refractivity contribution < 1.29 is 24.3 Å². The monoisotopic (exact) mass is 374 g/mol. The van der Waals surface area contributed by atoms with Crippen molar-refractivity contribution >= 4 is 17.3 Å². The van der Waals surface area contributed by atoms with Gasteiger partial charge < -0.3 is 19.5 Å². The standard InChI is InChI=1S/C19H22N2O6/c1-12-9-13(3-5-16(12)26-2)11-20-15-10-14(21(24)25)4-6-17(15)27-18(7-8-22)19(20)23/h3-6,10,12,18,22H,7-9,11H2,1-2H3. The van der Waals surface area contributed by atoms with Gasteiger partial charge in [0.05, 0.1) is 23.5 Å². The first-order valence-corrected chi connectivity index (χ1v) is 8.75. The van der Waals surface area contributed by atoms with Crippen LogP contribution in [0, 0.1) is 16.0 Å². The number of methoxy groups -OCH3 is 1. The molecule has 8 heteroatoms. The maximum absolute atomic E-state index is 12.9. The maximum atomic E-state index is 12.9. The largest absolute Gasteiger partial charge is 0.501 e. The number of aliphatic hydroxyl groups excluding tert-OH is 1. The number of ether oxygens (including phenoxy) is 2. The lowest BCUT2D eigenvalue weighted by Crippen LogP contribution is -2.47. The lowest BCUT2D eigenvalue weighted by atomic mass is 9.93. The molecule has 2 atom stereocenters. The lowest BCUT2D eigenvalue weighted by molar-refractivity contribution is -0.384. The number of amides is 1. The van der Waals surface area contributed by atoms with Gasteiger partial charge in [-0.15, -0.1) is 0 Å². The van der Waals surface area contributed by atoms with E-state index in [1.165, 1.54) is 23.1 Å². The number of anilines is 1. The van der Waals surface area contributed by atoms with Crippen molar-refractivity contribution in [3.63, 3.8) is 0 Å². The number of fused-ring (bicyclic) bond motifs is 1. The van der Waals surface area contributed by atoms with Gasteiger partial charge in [-0.25, -0.2) is 0 Å². The van der Waals surface area contributed by atoms with E-state index in [0.29, 0.717) is 18.0 Å². The zero-order valence-electron chi connectivity index (χ0n) is 15.3. The van der Waals surface area contributed by atoms with E-state index in [1.807, 2.05) is 19.1 Å². The number of hydrogen-bond donors (Lipinski definition) is 1. The summed E-state index contributed by atoms with van der Waals surface area (Å²) in [7, 11) is 1.63. The van der Waals surface area contributed by atoms with Crippen LogP contribution in [0.25, 0.3) is 0 Å². The molecule has 1 aromatic carbocycles. The Hall–Kier alpha value is -2.87. The molecule has 0 fully saturated rings. The molecule has 0 saturated heterocycles. The summed E-state index contributed by atoms with van der Waals surface area (Å²) in [6.07, 6.45) is 3.87. The van der Waals surface area contributed by atoms with E-state index in [4.69, 9.17) is 9.47 Å². The number of hydrogen-bond acceptors (Lipinski definition) is 6. The van der Waals surface area contributed by atoms with Crippen LogP contribution in [-0.4, -0.2) is 42.3 Å². The van der Waals surface area contributed by atoms with Crippen LogP contribution in [0.2, 0.25) is 0 Å². The molecule has 1 N–H and O–H groups in total. The summed E-state index contributed by atoms with van der Waals surface area (Å²) in [6.45, 7) is 2.15. The molecule has 144 valence electrons. The normalized spacial score (nSPS) is 21.7. The molecular weight excluding hydrogens is 352 g/mol. The van der Waals surface area contributed by atoms with Crippen molar-refractivity contribution in [3.05, 3.63) is 51.8 Å². The molecule has 3 rings (SSSR count). The Kier molecular flexibility index (Phi) is 5.46. The van der Waals surface area contributed by atoms with E-state index in [0.717, 1.165) is 17.8 Å². The predicted molar refractivity (Wildman–Crippen MR) is 98.5 cm³/mol. The third-order valence-electron chi connectivity index (χ3n) is 4.78. The summed E-state index contributed by atoms with van der Waals surface area (Å²) in [6, 6.07) is 4.20. The Morgan fingerprint density at radius 3 is 2.81 bits per heavy atom. The highest BCUT2D eigenvalue weighted by atomic mass is 16.6. The zero-order valence-corrected chi connectivity index (χ0v) is 15.3. The lowest BCUT2D eigenvalue weighted by Gasteiger charge is -2.35. The van der Waals surface area contributed by atoms with Crippen LogP contribution in [-0.2, 0) is 9.53 Å². The highest BCUT2D eigenvalue weighted by molar-refractivity contribution is 6.00. The molecule has 0 saturated carbocycles. The number of nitro groups is 1. The van der Waals surface area contributed by atoms with Gasteiger partial charge >= 0.3 is 0 Å². The topological polar surface area (TPSA) is 102 Å². The fourth-order valence-corrected chi connectivity index (χ4v) is 3.40. The van der Waals surface area contributed by atoms with E-state index in [-0.39, 0.29) is 30.5 Å². The molecule has 1 aliphatic heterocycles.